The molecular weight excluding hydrogens is 302 g/mol. The highest BCUT2D eigenvalue weighted by Crippen LogP contribution is 2.37. The topological polar surface area (TPSA) is 3.24 Å². The van der Waals surface area contributed by atoms with Crippen molar-refractivity contribution in [2.24, 2.45) is 0 Å². The largest absolute Gasteiger partial charge is 0.348 e. The number of hydrogen-bond donors (Lipinski definition) is 0. The van der Waals surface area contributed by atoms with E-state index in [0.29, 0.717) is 0 Å². The molecule has 0 N–H and O–H groups in total. The first kappa shape index (κ1) is 17.3. The second-order valence-electron chi connectivity index (χ2n) is 7.17. The monoisotopic (exact) mass is 329 g/mol. The summed E-state index contributed by atoms with van der Waals surface area (Å²) >= 11 is 0. The Morgan fingerprint density at radius 1 is 1.12 bits per heavy atom. The molecule has 3 rings (SSSR count). The highest BCUT2D eigenvalue weighted by Gasteiger charge is 2.21. The SMILES string of the molecule is C=C(C)/C=c1/cc(-c2cc3c(cc2C)N(C)C(=C)C3)cc(C)/c1=C/C. The van der Waals surface area contributed by atoms with E-state index in [1.807, 2.05) is 6.92 Å². The number of likely N-dealkylation sites (N-methyl/N-ethyl adjacent to an activating group) is 1. The van der Waals surface area contributed by atoms with Crippen molar-refractivity contribution in [1.29, 1.82) is 0 Å². The highest BCUT2D eigenvalue weighted by molar-refractivity contribution is 5.76. The lowest BCUT2D eigenvalue weighted by molar-refractivity contribution is 1.11. The molecule has 1 nitrogen and oxygen atoms in total. The first-order valence-corrected chi connectivity index (χ1v) is 8.81. The number of aryl methyl sites for hydroxylation is 2. The third-order valence-electron chi connectivity index (χ3n) is 5.08. The van der Waals surface area contributed by atoms with Crippen LogP contribution in [-0.4, -0.2) is 7.05 Å². The van der Waals surface area contributed by atoms with Crippen LogP contribution < -0.4 is 15.3 Å². The van der Waals surface area contributed by atoms with Crippen LogP contribution in [0.1, 0.15) is 30.5 Å². The van der Waals surface area contributed by atoms with Crippen molar-refractivity contribution in [1.82, 2.24) is 0 Å². The molecule has 0 unspecified atom stereocenters. The minimum absolute atomic E-state index is 0.934. The van der Waals surface area contributed by atoms with Gasteiger partial charge < -0.3 is 4.90 Å². The van der Waals surface area contributed by atoms with Gasteiger partial charge in [0.1, 0.15) is 0 Å². The molecule has 128 valence electrons. The average molecular weight is 329 g/mol. The van der Waals surface area contributed by atoms with Crippen LogP contribution in [0.25, 0.3) is 23.3 Å². The number of nitrogens with zero attached hydrogens (tertiary/aromatic N) is 1. The Bertz CT molecular complexity index is 1010. The number of benzene rings is 2. The van der Waals surface area contributed by atoms with Crippen molar-refractivity contribution < 1.29 is 0 Å². The van der Waals surface area contributed by atoms with Crippen LogP contribution in [0.15, 0.2) is 48.7 Å². The summed E-state index contributed by atoms with van der Waals surface area (Å²) in [7, 11) is 2.10. The van der Waals surface area contributed by atoms with E-state index < -0.39 is 0 Å². The van der Waals surface area contributed by atoms with Gasteiger partial charge in [-0.1, -0.05) is 36.9 Å². The van der Waals surface area contributed by atoms with E-state index >= 15 is 0 Å². The van der Waals surface area contributed by atoms with E-state index in [9.17, 15) is 0 Å². The van der Waals surface area contributed by atoms with Gasteiger partial charge in [-0.3, -0.25) is 0 Å². The maximum Gasteiger partial charge on any atom is 0.0445 e. The fourth-order valence-electron chi connectivity index (χ4n) is 3.77. The Labute approximate surface area is 151 Å². The number of anilines is 1. The first-order chi connectivity index (χ1) is 11.8. The van der Waals surface area contributed by atoms with Gasteiger partial charge in [0.2, 0.25) is 0 Å². The molecule has 0 fully saturated rings. The van der Waals surface area contributed by atoms with Crippen molar-refractivity contribution in [3.05, 3.63) is 75.8 Å². The summed E-state index contributed by atoms with van der Waals surface area (Å²) in [6.07, 6.45) is 5.29. The van der Waals surface area contributed by atoms with Gasteiger partial charge in [0, 0.05) is 24.9 Å². The molecule has 2 aromatic carbocycles. The summed E-state index contributed by atoms with van der Waals surface area (Å²) in [6.45, 7) is 16.8. The van der Waals surface area contributed by atoms with Gasteiger partial charge in [0.25, 0.3) is 0 Å². The molecule has 0 atom stereocenters. The smallest absolute Gasteiger partial charge is 0.0445 e. The molecule has 0 saturated carbocycles. The third-order valence-corrected chi connectivity index (χ3v) is 5.08. The van der Waals surface area contributed by atoms with Crippen LogP contribution in [0, 0.1) is 13.8 Å². The second-order valence-corrected chi connectivity index (χ2v) is 7.17. The molecule has 0 saturated heterocycles. The molecule has 0 aromatic heterocycles. The highest BCUT2D eigenvalue weighted by atomic mass is 15.1. The summed E-state index contributed by atoms with van der Waals surface area (Å²) in [6, 6.07) is 9.22. The Hall–Kier alpha value is -2.54. The average Bonchev–Trinajstić information content (AvgIpc) is 2.80. The minimum Gasteiger partial charge on any atom is -0.348 e. The van der Waals surface area contributed by atoms with E-state index in [0.717, 1.165) is 17.7 Å². The summed E-state index contributed by atoms with van der Waals surface area (Å²) in [5, 5.41) is 2.53. The predicted molar refractivity (Wildman–Crippen MR) is 111 cm³/mol. The van der Waals surface area contributed by atoms with E-state index in [4.69, 9.17) is 0 Å². The van der Waals surface area contributed by atoms with Crippen LogP contribution in [0.4, 0.5) is 5.69 Å². The summed E-state index contributed by atoms with van der Waals surface area (Å²) in [5.74, 6) is 0. The molecule has 1 heterocycles. The van der Waals surface area contributed by atoms with Crippen LogP contribution in [0.2, 0.25) is 0 Å². The molecule has 0 spiro atoms. The maximum atomic E-state index is 4.17. The van der Waals surface area contributed by atoms with Gasteiger partial charge in [0.05, 0.1) is 0 Å². The van der Waals surface area contributed by atoms with Gasteiger partial charge in [0.15, 0.2) is 0 Å². The Morgan fingerprint density at radius 3 is 2.48 bits per heavy atom. The molecule has 1 heteroatoms. The quantitative estimate of drug-likeness (QED) is 0.776. The lowest BCUT2D eigenvalue weighted by atomic mass is 9.94. The van der Waals surface area contributed by atoms with E-state index in [-0.39, 0.29) is 0 Å². The molecule has 0 aliphatic carbocycles. The normalized spacial score (nSPS) is 15.1. The Kier molecular flexibility index (Phi) is 4.43. The van der Waals surface area contributed by atoms with E-state index in [1.165, 1.54) is 43.9 Å². The lowest BCUT2D eigenvalue weighted by Crippen LogP contribution is -2.27. The predicted octanol–water partition coefficient (Wildman–Crippen LogP) is 4.63. The van der Waals surface area contributed by atoms with Crippen LogP contribution >= 0.6 is 0 Å². The van der Waals surface area contributed by atoms with Gasteiger partial charge in [-0.05, 0) is 84.1 Å². The number of fused-ring (bicyclic) bond motifs is 1. The summed E-state index contributed by atoms with van der Waals surface area (Å²) in [4.78, 5) is 2.20. The minimum atomic E-state index is 0.934. The zero-order valence-electron chi connectivity index (χ0n) is 16.0. The maximum absolute atomic E-state index is 4.17. The second kappa shape index (κ2) is 6.40. The Morgan fingerprint density at radius 2 is 1.84 bits per heavy atom. The van der Waals surface area contributed by atoms with Crippen molar-refractivity contribution in [3.63, 3.8) is 0 Å². The van der Waals surface area contributed by atoms with Crippen molar-refractivity contribution in [2.75, 3.05) is 11.9 Å². The molecule has 0 bridgehead atoms. The lowest BCUT2D eigenvalue weighted by Gasteiger charge is -2.16. The molecular formula is C24H27N. The number of rotatable bonds is 2. The standard InChI is InChI=1S/C24H27N/c1-8-22-16(4)10-20(13-19(22)9-15(2)3)23-14-21-12-18(6)25(7)24(21)11-17(23)5/h8-11,13-14H,2,6,12H2,1,3-5,7H3/b19-9-,22-8-. The van der Waals surface area contributed by atoms with Crippen molar-refractivity contribution in [2.45, 2.75) is 34.1 Å². The van der Waals surface area contributed by atoms with Crippen molar-refractivity contribution >= 4 is 17.8 Å². The van der Waals surface area contributed by atoms with Gasteiger partial charge in [-0.2, -0.15) is 0 Å². The van der Waals surface area contributed by atoms with E-state index in [1.54, 1.807) is 0 Å². The zero-order chi connectivity index (χ0) is 18.3. The van der Waals surface area contributed by atoms with Crippen LogP contribution in [0.3, 0.4) is 0 Å². The molecule has 2 aromatic rings. The zero-order valence-corrected chi connectivity index (χ0v) is 16.0. The fraction of sp³-hybridized carbons (Fsp3) is 0.250. The van der Waals surface area contributed by atoms with Gasteiger partial charge in [-0.25, -0.2) is 0 Å². The molecule has 1 aliphatic rings. The van der Waals surface area contributed by atoms with E-state index in [2.05, 4.69) is 82.3 Å². The number of hydrogen-bond acceptors (Lipinski definition) is 1. The summed E-state index contributed by atoms with van der Waals surface area (Å²) in [5.41, 5.74) is 10.1. The van der Waals surface area contributed by atoms with Crippen LogP contribution in [0.5, 0.6) is 0 Å². The molecule has 0 amide bonds. The molecule has 1 aliphatic heterocycles. The molecule has 25 heavy (non-hydrogen) atoms. The van der Waals surface area contributed by atoms with Crippen LogP contribution in [-0.2, 0) is 6.42 Å². The number of allylic oxidation sites excluding steroid dienone is 2. The Balaban J connectivity index is 2.26. The molecule has 0 radical (unpaired) electrons. The summed E-state index contributed by atoms with van der Waals surface area (Å²) < 4.78 is 0. The first-order valence-electron chi connectivity index (χ1n) is 8.81. The van der Waals surface area contributed by atoms with Gasteiger partial charge >= 0.3 is 0 Å². The fourth-order valence-corrected chi connectivity index (χ4v) is 3.77. The third kappa shape index (κ3) is 3.07. The van der Waals surface area contributed by atoms with Gasteiger partial charge in [-0.15, -0.1) is 0 Å². The van der Waals surface area contributed by atoms with Crippen molar-refractivity contribution in [3.8, 4) is 11.1 Å².